The number of nitrogens with one attached hydrogen (secondary N) is 1. The van der Waals surface area contributed by atoms with Crippen LogP contribution in [0, 0.1) is 5.92 Å². The molecule has 1 nitrogen and oxygen atoms in total. The SMILES string of the molecule is CC(C)C1NC(C)(C)c2ccccc21. The second kappa shape index (κ2) is 3.09. The summed E-state index contributed by atoms with van der Waals surface area (Å²) in [5.41, 5.74) is 3.07. The van der Waals surface area contributed by atoms with Gasteiger partial charge in [0.15, 0.2) is 0 Å². The quantitative estimate of drug-likeness (QED) is 0.715. The van der Waals surface area contributed by atoms with Crippen molar-refractivity contribution in [2.45, 2.75) is 39.3 Å². The highest BCUT2D eigenvalue weighted by Gasteiger charge is 2.36. The molecular formula is C13H19N. The minimum atomic E-state index is 0.130. The normalized spacial score (nSPS) is 23.9. The lowest BCUT2D eigenvalue weighted by atomic mass is 9.92. The lowest BCUT2D eigenvalue weighted by Crippen LogP contribution is -2.33. The summed E-state index contributed by atoms with van der Waals surface area (Å²) in [6.07, 6.45) is 0. The zero-order valence-corrected chi connectivity index (χ0v) is 9.46. The van der Waals surface area contributed by atoms with Crippen LogP contribution in [0.25, 0.3) is 0 Å². The molecule has 2 rings (SSSR count). The second-order valence-corrected chi connectivity index (χ2v) is 5.08. The third-order valence-electron chi connectivity index (χ3n) is 3.15. The van der Waals surface area contributed by atoms with Crippen LogP contribution in [0.3, 0.4) is 0 Å². The van der Waals surface area contributed by atoms with Crippen LogP contribution < -0.4 is 5.32 Å². The fraction of sp³-hybridized carbons (Fsp3) is 0.538. The van der Waals surface area contributed by atoms with Crippen LogP contribution in [-0.2, 0) is 5.54 Å². The van der Waals surface area contributed by atoms with Crippen molar-refractivity contribution in [3.8, 4) is 0 Å². The molecule has 1 unspecified atom stereocenters. The maximum absolute atomic E-state index is 3.70. The van der Waals surface area contributed by atoms with Crippen LogP contribution in [0.15, 0.2) is 24.3 Å². The van der Waals surface area contributed by atoms with Gasteiger partial charge < -0.3 is 5.32 Å². The van der Waals surface area contributed by atoms with Crippen LogP contribution in [-0.4, -0.2) is 0 Å². The first-order chi connectivity index (χ1) is 6.52. The highest BCUT2D eigenvalue weighted by atomic mass is 15.0. The van der Waals surface area contributed by atoms with Gasteiger partial charge in [-0.25, -0.2) is 0 Å². The van der Waals surface area contributed by atoms with Gasteiger partial charge in [-0.2, -0.15) is 0 Å². The van der Waals surface area contributed by atoms with E-state index in [9.17, 15) is 0 Å². The Hall–Kier alpha value is -0.820. The molecule has 1 heteroatoms. The minimum Gasteiger partial charge on any atom is -0.301 e. The number of hydrogen-bond donors (Lipinski definition) is 1. The molecule has 1 aliphatic rings. The second-order valence-electron chi connectivity index (χ2n) is 5.08. The fourth-order valence-electron chi connectivity index (χ4n) is 2.41. The molecule has 1 N–H and O–H groups in total. The van der Waals surface area contributed by atoms with Crippen LogP contribution in [0.2, 0.25) is 0 Å². The lowest BCUT2D eigenvalue weighted by molar-refractivity contribution is 0.337. The van der Waals surface area contributed by atoms with Crippen molar-refractivity contribution >= 4 is 0 Å². The van der Waals surface area contributed by atoms with E-state index >= 15 is 0 Å². The smallest absolute Gasteiger partial charge is 0.0386 e. The van der Waals surface area contributed by atoms with Crippen molar-refractivity contribution in [3.05, 3.63) is 35.4 Å². The molecule has 0 saturated carbocycles. The monoisotopic (exact) mass is 189 g/mol. The van der Waals surface area contributed by atoms with E-state index in [4.69, 9.17) is 0 Å². The first-order valence-electron chi connectivity index (χ1n) is 5.39. The predicted molar refractivity (Wildman–Crippen MR) is 60.2 cm³/mol. The topological polar surface area (TPSA) is 12.0 Å². The molecule has 1 aromatic rings. The molecule has 0 radical (unpaired) electrons. The summed E-state index contributed by atoms with van der Waals surface area (Å²) in [6, 6.07) is 9.27. The summed E-state index contributed by atoms with van der Waals surface area (Å²) in [5.74, 6) is 0.651. The third-order valence-corrected chi connectivity index (χ3v) is 3.15. The molecule has 0 aliphatic carbocycles. The summed E-state index contributed by atoms with van der Waals surface area (Å²) in [7, 11) is 0. The largest absolute Gasteiger partial charge is 0.301 e. The van der Waals surface area contributed by atoms with E-state index in [0.29, 0.717) is 12.0 Å². The summed E-state index contributed by atoms with van der Waals surface area (Å²) in [6.45, 7) is 9.06. The maximum atomic E-state index is 3.70. The summed E-state index contributed by atoms with van der Waals surface area (Å²) < 4.78 is 0. The van der Waals surface area contributed by atoms with Crippen molar-refractivity contribution in [2.24, 2.45) is 5.92 Å². The summed E-state index contributed by atoms with van der Waals surface area (Å²) >= 11 is 0. The van der Waals surface area contributed by atoms with Gasteiger partial charge in [-0.05, 0) is 30.9 Å². The van der Waals surface area contributed by atoms with Crippen LogP contribution in [0.1, 0.15) is 44.9 Å². The average Bonchev–Trinajstić information content (AvgIpc) is 2.40. The predicted octanol–water partition coefficient (Wildman–Crippen LogP) is 3.22. The van der Waals surface area contributed by atoms with E-state index in [0.717, 1.165) is 0 Å². The Morgan fingerprint density at radius 1 is 1.21 bits per heavy atom. The van der Waals surface area contributed by atoms with Gasteiger partial charge in [0, 0.05) is 11.6 Å². The number of rotatable bonds is 1. The molecule has 0 bridgehead atoms. The molecule has 76 valence electrons. The zero-order valence-electron chi connectivity index (χ0n) is 9.46. The molecule has 0 spiro atoms. The van der Waals surface area contributed by atoms with Crippen molar-refractivity contribution < 1.29 is 0 Å². The van der Waals surface area contributed by atoms with Crippen molar-refractivity contribution in [2.75, 3.05) is 0 Å². The zero-order chi connectivity index (χ0) is 10.3. The number of hydrogen-bond acceptors (Lipinski definition) is 1. The third kappa shape index (κ3) is 1.36. The van der Waals surface area contributed by atoms with E-state index < -0.39 is 0 Å². The maximum Gasteiger partial charge on any atom is 0.0386 e. The first kappa shape index (κ1) is 9.72. The lowest BCUT2D eigenvalue weighted by Gasteiger charge is -2.23. The molecule has 0 amide bonds. The molecule has 0 fully saturated rings. The van der Waals surface area contributed by atoms with E-state index in [1.54, 1.807) is 0 Å². The van der Waals surface area contributed by atoms with Gasteiger partial charge in [-0.15, -0.1) is 0 Å². The van der Waals surface area contributed by atoms with E-state index in [-0.39, 0.29) is 5.54 Å². The Morgan fingerprint density at radius 3 is 2.50 bits per heavy atom. The standard InChI is InChI=1S/C13H19N/c1-9(2)12-10-7-5-6-8-11(10)13(3,4)14-12/h5-9,12,14H,1-4H3. The Balaban J connectivity index is 2.49. The molecule has 0 aromatic heterocycles. The molecule has 1 atom stereocenters. The molecule has 1 aromatic carbocycles. The van der Waals surface area contributed by atoms with Gasteiger partial charge in [0.2, 0.25) is 0 Å². The first-order valence-corrected chi connectivity index (χ1v) is 5.39. The van der Waals surface area contributed by atoms with Crippen LogP contribution in [0.4, 0.5) is 0 Å². The number of fused-ring (bicyclic) bond motifs is 1. The van der Waals surface area contributed by atoms with E-state index in [2.05, 4.69) is 57.3 Å². The van der Waals surface area contributed by atoms with Crippen molar-refractivity contribution in [3.63, 3.8) is 0 Å². The Bertz CT molecular complexity index is 339. The van der Waals surface area contributed by atoms with Crippen LogP contribution in [0.5, 0.6) is 0 Å². The molecule has 1 heterocycles. The van der Waals surface area contributed by atoms with Crippen LogP contribution >= 0.6 is 0 Å². The Morgan fingerprint density at radius 2 is 1.86 bits per heavy atom. The van der Waals surface area contributed by atoms with Gasteiger partial charge >= 0.3 is 0 Å². The molecule has 1 aliphatic heterocycles. The number of benzene rings is 1. The molecular weight excluding hydrogens is 170 g/mol. The van der Waals surface area contributed by atoms with Gasteiger partial charge in [0.1, 0.15) is 0 Å². The molecule has 0 saturated heterocycles. The Kier molecular flexibility index (Phi) is 2.15. The molecule has 14 heavy (non-hydrogen) atoms. The van der Waals surface area contributed by atoms with Crippen molar-refractivity contribution in [1.29, 1.82) is 0 Å². The minimum absolute atomic E-state index is 0.130. The summed E-state index contributed by atoms with van der Waals surface area (Å²) in [5, 5.41) is 3.70. The van der Waals surface area contributed by atoms with Gasteiger partial charge in [0.25, 0.3) is 0 Å². The van der Waals surface area contributed by atoms with Gasteiger partial charge in [-0.3, -0.25) is 0 Å². The highest BCUT2D eigenvalue weighted by molar-refractivity contribution is 5.40. The fourth-order valence-corrected chi connectivity index (χ4v) is 2.41. The van der Waals surface area contributed by atoms with E-state index in [1.165, 1.54) is 11.1 Å². The average molecular weight is 189 g/mol. The van der Waals surface area contributed by atoms with E-state index in [1.807, 2.05) is 0 Å². The Labute approximate surface area is 86.5 Å². The van der Waals surface area contributed by atoms with Gasteiger partial charge in [0.05, 0.1) is 0 Å². The summed E-state index contributed by atoms with van der Waals surface area (Å²) in [4.78, 5) is 0. The highest BCUT2D eigenvalue weighted by Crippen LogP contribution is 2.39. The van der Waals surface area contributed by atoms with Gasteiger partial charge in [-0.1, -0.05) is 38.1 Å². The van der Waals surface area contributed by atoms with Crippen molar-refractivity contribution in [1.82, 2.24) is 5.32 Å².